The predicted octanol–water partition coefficient (Wildman–Crippen LogP) is 4.25. The topological polar surface area (TPSA) is 58.8 Å². The van der Waals surface area contributed by atoms with Crippen molar-refractivity contribution in [1.29, 1.82) is 5.26 Å². The Bertz CT molecular complexity index is 713. The summed E-state index contributed by atoms with van der Waals surface area (Å²) < 4.78 is 33.0. The molecule has 1 aromatic carbocycles. The molecule has 2 aromatic rings. The van der Waals surface area contributed by atoms with Gasteiger partial charge in [0.15, 0.2) is 11.6 Å². The fourth-order valence-corrected chi connectivity index (χ4v) is 2.09. The Hall–Kier alpha value is -2.55. The Kier molecular flexibility index (Phi) is 5.98. The summed E-state index contributed by atoms with van der Waals surface area (Å²) in [6.07, 6.45) is 5.72. The summed E-state index contributed by atoms with van der Waals surface area (Å²) in [7, 11) is 0. The van der Waals surface area contributed by atoms with Crippen LogP contribution in [0, 0.1) is 23.0 Å². The third-order valence-corrected chi connectivity index (χ3v) is 3.32. The van der Waals surface area contributed by atoms with Crippen molar-refractivity contribution < 1.29 is 13.5 Å². The van der Waals surface area contributed by atoms with Crippen molar-refractivity contribution in [3.63, 3.8) is 0 Å². The van der Waals surface area contributed by atoms with Gasteiger partial charge < -0.3 is 4.74 Å². The lowest BCUT2D eigenvalue weighted by atomic mass is 10.1. The van der Waals surface area contributed by atoms with E-state index in [1.165, 1.54) is 18.3 Å². The van der Waals surface area contributed by atoms with Gasteiger partial charge in [-0.25, -0.2) is 13.8 Å². The molecule has 120 valence electrons. The normalized spacial score (nSPS) is 10.3. The molecule has 0 saturated carbocycles. The highest BCUT2D eigenvalue weighted by Crippen LogP contribution is 2.24. The zero-order valence-corrected chi connectivity index (χ0v) is 12.9. The number of nitriles is 1. The van der Waals surface area contributed by atoms with Gasteiger partial charge in [-0.3, -0.25) is 0 Å². The first kappa shape index (κ1) is 16.8. The first-order valence-electron chi connectivity index (χ1n) is 7.51. The molecule has 0 saturated heterocycles. The molecule has 0 aliphatic heterocycles. The maximum Gasteiger partial charge on any atom is 0.216 e. The van der Waals surface area contributed by atoms with Gasteiger partial charge in [0.05, 0.1) is 12.2 Å². The van der Waals surface area contributed by atoms with Crippen molar-refractivity contribution in [3.05, 3.63) is 41.6 Å². The third-order valence-electron chi connectivity index (χ3n) is 3.32. The van der Waals surface area contributed by atoms with Crippen LogP contribution in [-0.2, 0) is 0 Å². The van der Waals surface area contributed by atoms with Crippen LogP contribution in [0.1, 0.15) is 38.2 Å². The number of aromatic nitrogens is 2. The van der Waals surface area contributed by atoms with Gasteiger partial charge in [-0.15, -0.1) is 0 Å². The summed E-state index contributed by atoms with van der Waals surface area (Å²) >= 11 is 0. The van der Waals surface area contributed by atoms with E-state index < -0.39 is 17.2 Å². The third kappa shape index (κ3) is 4.22. The number of nitrogens with zero attached hydrogens (tertiary/aromatic N) is 3. The molecular weight excluding hydrogens is 300 g/mol. The Balaban J connectivity index is 2.16. The fraction of sp³-hybridized carbons (Fsp3) is 0.353. The SMILES string of the molecule is CCCCCCOc1ccnc(-c2ccc(F)c(C#N)c2F)n1. The molecule has 23 heavy (non-hydrogen) atoms. The predicted molar refractivity (Wildman–Crippen MR) is 81.7 cm³/mol. The second-order valence-corrected chi connectivity index (χ2v) is 5.02. The van der Waals surface area contributed by atoms with E-state index in [9.17, 15) is 8.78 Å². The molecule has 0 N–H and O–H groups in total. The summed E-state index contributed by atoms with van der Waals surface area (Å²) in [5.74, 6) is -1.48. The number of hydrogen-bond donors (Lipinski definition) is 0. The van der Waals surface area contributed by atoms with E-state index in [0.29, 0.717) is 12.5 Å². The summed E-state index contributed by atoms with van der Waals surface area (Å²) in [5.41, 5.74) is -0.670. The summed E-state index contributed by atoms with van der Waals surface area (Å²) in [5, 5.41) is 8.82. The summed E-state index contributed by atoms with van der Waals surface area (Å²) in [6.45, 7) is 2.65. The maximum absolute atomic E-state index is 14.2. The zero-order valence-electron chi connectivity index (χ0n) is 12.9. The molecular formula is C17H17F2N3O. The lowest BCUT2D eigenvalue weighted by Gasteiger charge is -2.07. The highest BCUT2D eigenvalue weighted by atomic mass is 19.1. The van der Waals surface area contributed by atoms with Crippen LogP contribution in [0.4, 0.5) is 8.78 Å². The average molecular weight is 317 g/mol. The van der Waals surface area contributed by atoms with Crippen molar-refractivity contribution in [3.8, 4) is 23.3 Å². The molecule has 4 nitrogen and oxygen atoms in total. The zero-order chi connectivity index (χ0) is 16.7. The Morgan fingerprint density at radius 1 is 1.17 bits per heavy atom. The number of rotatable bonds is 7. The Labute approximate surface area is 133 Å². The van der Waals surface area contributed by atoms with Gasteiger partial charge in [0.25, 0.3) is 0 Å². The second-order valence-electron chi connectivity index (χ2n) is 5.02. The quantitative estimate of drug-likeness (QED) is 0.716. The molecule has 0 spiro atoms. The van der Waals surface area contributed by atoms with E-state index in [2.05, 4.69) is 16.9 Å². The van der Waals surface area contributed by atoms with Crippen LogP contribution in [-0.4, -0.2) is 16.6 Å². The van der Waals surface area contributed by atoms with Crippen LogP contribution in [0.3, 0.4) is 0 Å². The lowest BCUT2D eigenvalue weighted by Crippen LogP contribution is -2.02. The van der Waals surface area contributed by atoms with Crippen molar-refractivity contribution in [2.45, 2.75) is 32.6 Å². The molecule has 1 aromatic heterocycles. The first-order chi connectivity index (χ1) is 11.2. The van der Waals surface area contributed by atoms with Crippen LogP contribution < -0.4 is 4.74 Å². The second kappa shape index (κ2) is 8.18. The molecule has 0 aliphatic carbocycles. The number of unbranched alkanes of at least 4 members (excludes halogenated alkanes) is 3. The van der Waals surface area contributed by atoms with Gasteiger partial charge in [0, 0.05) is 12.3 Å². The molecule has 6 heteroatoms. The van der Waals surface area contributed by atoms with Gasteiger partial charge in [-0.1, -0.05) is 26.2 Å². The minimum Gasteiger partial charge on any atom is -0.478 e. The van der Waals surface area contributed by atoms with Crippen molar-refractivity contribution in [1.82, 2.24) is 9.97 Å². The lowest BCUT2D eigenvalue weighted by molar-refractivity contribution is 0.293. The fourth-order valence-electron chi connectivity index (χ4n) is 2.09. The molecule has 0 radical (unpaired) electrons. The molecule has 1 heterocycles. The Morgan fingerprint density at radius 2 is 2.00 bits per heavy atom. The highest BCUT2D eigenvalue weighted by Gasteiger charge is 2.16. The van der Waals surface area contributed by atoms with Crippen molar-refractivity contribution >= 4 is 0 Å². The number of hydrogen-bond acceptors (Lipinski definition) is 4. The molecule has 0 unspecified atom stereocenters. The number of benzene rings is 1. The van der Waals surface area contributed by atoms with Crippen LogP contribution in [0.25, 0.3) is 11.4 Å². The standard InChI is InChI=1S/C17H17F2N3O/c1-2-3-4-5-10-23-15-8-9-21-17(22-15)12-6-7-14(18)13(11-20)16(12)19/h6-9H,2-5,10H2,1H3. The first-order valence-corrected chi connectivity index (χ1v) is 7.51. The number of ether oxygens (including phenoxy) is 1. The van der Waals surface area contributed by atoms with E-state index in [1.807, 2.05) is 0 Å². The van der Waals surface area contributed by atoms with E-state index in [0.717, 1.165) is 31.7 Å². The van der Waals surface area contributed by atoms with Crippen LogP contribution in [0.15, 0.2) is 24.4 Å². The summed E-state index contributed by atoms with van der Waals surface area (Å²) in [4.78, 5) is 8.09. The van der Waals surface area contributed by atoms with Gasteiger partial charge in [0.1, 0.15) is 17.4 Å². The molecule has 0 atom stereocenters. The van der Waals surface area contributed by atoms with Crippen molar-refractivity contribution in [2.24, 2.45) is 0 Å². The van der Waals surface area contributed by atoms with Gasteiger partial charge in [0.2, 0.25) is 5.88 Å². The largest absolute Gasteiger partial charge is 0.478 e. The van der Waals surface area contributed by atoms with Gasteiger partial charge in [-0.2, -0.15) is 10.2 Å². The molecule has 0 aliphatic rings. The maximum atomic E-state index is 14.2. The molecule has 2 rings (SSSR count). The van der Waals surface area contributed by atoms with Crippen LogP contribution in [0.5, 0.6) is 5.88 Å². The minimum atomic E-state index is -0.965. The molecule has 0 amide bonds. The monoisotopic (exact) mass is 317 g/mol. The molecule has 0 bridgehead atoms. The smallest absolute Gasteiger partial charge is 0.216 e. The van der Waals surface area contributed by atoms with Crippen molar-refractivity contribution in [2.75, 3.05) is 6.61 Å². The summed E-state index contributed by atoms with van der Waals surface area (Å²) in [6, 6.07) is 5.33. The average Bonchev–Trinajstić information content (AvgIpc) is 2.55. The van der Waals surface area contributed by atoms with Crippen LogP contribution >= 0.6 is 0 Å². The van der Waals surface area contributed by atoms with Crippen LogP contribution in [0.2, 0.25) is 0 Å². The molecule has 0 fully saturated rings. The van der Waals surface area contributed by atoms with E-state index >= 15 is 0 Å². The highest BCUT2D eigenvalue weighted by molar-refractivity contribution is 5.59. The van der Waals surface area contributed by atoms with E-state index in [-0.39, 0.29) is 11.4 Å². The minimum absolute atomic E-state index is 0.0283. The number of halogens is 2. The van der Waals surface area contributed by atoms with E-state index in [4.69, 9.17) is 10.00 Å². The van der Waals surface area contributed by atoms with Gasteiger partial charge in [-0.05, 0) is 18.6 Å². The van der Waals surface area contributed by atoms with E-state index in [1.54, 1.807) is 6.07 Å². The van der Waals surface area contributed by atoms with Gasteiger partial charge >= 0.3 is 0 Å². The Morgan fingerprint density at radius 3 is 2.74 bits per heavy atom.